The molecule has 1 N–H and O–H groups in total. The van der Waals surface area contributed by atoms with Gasteiger partial charge in [0.05, 0.1) is 5.69 Å². The summed E-state index contributed by atoms with van der Waals surface area (Å²) >= 11 is 13.8. The second kappa shape index (κ2) is 10.2. The molecule has 6 nitrogen and oxygen atoms in total. The molecule has 1 aromatic heterocycles. The number of urea groups is 1. The number of fused-ring (bicyclic) bond motifs is 2. The van der Waals surface area contributed by atoms with Gasteiger partial charge < -0.3 is 15.1 Å². The average Bonchev–Trinajstić information content (AvgIpc) is 3.15. The van der Waals surface area contributed by atoms with Crippen molar-refractivity contribution in [3.63, 3.8) is 0 Å². The van der Waals surface area contributed by atoms with E-state index in [4.69, 9.17) is 16.6 Å². The Balaban J connectivity index is 1.35. The summed E-state index contributed by atoms with van der Waals surface area (Å²) in [7, 11) is 0. The lowest BCUT2D eigenvalue weighted by atomic mass is 9.76. The average molecular weight is 611 g/mol. The van der Waals surface area contributed by atoms with Gasteiger partial charge in [-0.2, -0.15) is 0 Å². The first kappa shape index (κ1) is 24.1. The molecule has 2 aliphatic heterocycles. The molecule has 0 unspecified atom stereocenters. The van der Waals surface area contributed by atoms with Crippen molar-refractivity contribution < 1.29 is 9.59 Å². The molecule has 0 bridgehead atoms. The van der Waals surface area contributed by atoms with Gasteiger partial charge in [0.2, 0.25) is 5.91 Å². The number of carbonyl (C=O) groups is 2. The lowest BCUT2D eigenvalue weighted by molar-refractivity contribution is -0.132. The van der Waals surface area contributed by atoms with E-state index < -0.39 is 0 Å². The summed E-state index contributed by atoms with van der Waals surface area (Å²) < 4.78 is 2.04. The van der Waals surface area contributed by atoms with Crippen LogP contribution in [-0.4, -0.2) is 59.4 Å². The number of piperidine rings is 1. The summed E-state index contributed by atoms with van der Waals surface area (Å²) in [5.41, 5.74) is 5.00. The molecule has 1 atom stereocenters. The molecule has 2 saturated heterocycles. The Kier molecular flexibility index (Phi) is 7.19. The number of halogens is 3. The van der Waals surface area contributed by atoms with Crippen molar-refractivity contribution >= 4 is 55.4 Å². The summed E-state index contributed by atoms with van der Waals surface area (Å²) in [6.07, 6.45) is 5.98. The van der Waals surface area contributed by atoms with Crippen molar-refractivity contribution in [3.05, 3.63) is 60.7 Å². The normalized spacial score (nSPS) is 20.6. The Morgan fingerprint density at radius 1 is 1.12 bits per heavy atom. The molecule has 2 fully saturated rings. The number of aryl methyl sites for hydroxylation is 2. The zero-order valence-corrected chi connectivity index (χ0v) is 22.8. The molecule has 3 aliphatic rings. The second-order valence-corrected chi connectivity index (χ2v) is 11.5. The number of rotatable bonds is 4. The summed E-state index contributed by atoms with van der Waals surface area (Å²) in [6.45, 7) is 3.29. The zero-order chi connectivity index (χ0) is 23.8. The number of hydrogen-bond acceptors (Lipinski definition) is 3. The Morgan fingerprint density at radius 3 is 2.62 bits per heavy atom. The van der Waals surface area contributed by atoms with Crippen LogP contribution in [0.1, 0.15) is 47.6 Å². The molecular weight excluding hydrogens is 584 g/mol. The molecule has 3 amide bonds. The van der Waals surface area contributed by atoms with E-state index in [0.717, 1.165) is 58.4 Å². The number of nitrogens with zero attached hydrogens (tertiary/aromatic N) is 3. The molecule has 34 heavy (non-hydrogen) atoms. The van der Waals surface area contributed by atoms with Gasteiger partial charge in [-0.1, -0.05) is 27.5 Å². The van der Waals surface area contributed by atoms with E-state index in [9.17, 15) is 9.59 Å². The third-order valence-corrected chi connectivity index (χ3v) is 8.63. The number of hydrogen-bond donors (Lipinski definition) is 1. The molecule has 1 aliphatic carbocycles. The minimum absolute atomic E-state index is 0.0676. The molecule has 2 aromatic rings. The number of benzene rings is 1. The fourth-order valence-corrected chi connectivity index (χ4v) is 7.12. The zero-order valence-electron chi connectivity index (χ0n) is 18.8. The van der Waals surface area contributed by atoms with Crippen LogP contribution in [-0.2, 0) is 17.6 Å². The fraction of sp³-hybridized carbons (Fsp3) is 0.480. The van der Waals surface area contributed by atoms with Crippen LogP contribution in [0.2, 0.25) is 5.02 Å². The largest absolute Gasteiger partial charge is 0.343 e. The van der Waals surface area contributed by atoms with E-state index >= 15 is 0 Å². The highest BCUT2D eigenvalue weighted by Gasteiger charge is 2.36. The lowest BCUT2D eigenvalue weighted by Gasteiger charge is -2.37. The number of aromatic nitrogens is 1. The molecule has 0 radical (unpaired) electrons. The number of pyridine rings is 1. The van der Waals surface area contributed by atoms with Crippen LogP contribution in [0.15, 0.2) is 33.3 Å². The van der Waals surface area contributed by atoms with E-state index in [1.54, 1.807) is 4.90 Å². The van der Waals surface area contributed by atoms with E-state index in [1.165, 1.54) is 16.7 Å². The van der Waals surface area contributed by atoms with E-state index in [0.29, 0.717) is 32.0 Å². The minimum atomic E-state index is -0.0676. The van der Waals surface area contributed by atoms with Crippen molar-refractivity contribution in [1.29, 1.82) is 0 Å². The molecule has 180 valence electrons. The maximum Gasteiger partial charge on any atom is 0.317 e. The van der Waals surface area contributed by atoms with Gasteiger partial charge in [-0.3, -0.25) is 9.78 Å². The van der Waals surface area contributed by atoms with Crippen molar-refractivity contribution in [2.24, 2.45) is 5.92 Å². The summed E-state index contributed by atoms with van der Waals surface area (Å²) in [5.74, 6) is 0.683. The van der Waals surface area contributed by atoms with Gasteiger partial charge in [0.1, 0.15) is 0 Å². The summed E-state index contributed by atoms with van der Waals surface area (Å²) in [6, 6.07) is 6.22. The lowest BCUT2D eigenvalue weighted by Crippen LogP contribution is -2.41. The SMILES string of the molecule is O=C(CCN1CCNC1=O)N1CCC([C@H]2c3ncc(Br)cc3CCc3cc(Cl)cc(Br)c32)CC1. The first-order valence-electron chi connectivity index (χ1n) is 11.8. The molecule has 9 heteroatoms. The Bertz CT molecular complexity index is 1120. The van der Waals surface area contributed by atoms with Crippen molar-refractivity contribution in [2.45, 2.75) is 38.0 Å². The summed E-state index contributed by atoms with van der Waals surface area (Å²) in [4.78, 5) is 33.2. The predicted molar refractivity (Wildman–Crippen MR) is 139 cm³/mol. The quantitative estimate of drug-likeness (QED) is 0.521. The van der Waals surface area contributed by atoms with Gasteiger partial charge in [-0.05, 0) is 82.4 Å². The van der Waals surface area contributed by atoms with Crippen molar-refractivity contribution in [2.75, 3.05) is 32.7 Å². The molecule has 0 saturated carbocycles. The van der Waals surface area contributed by atoms with E-state index in [2.05, 4.69) is 49.3 Å². The smallest absolute Gasteiger partial charge is 0.317 e. The van der Waals surface area contributed by atoms with Gasteiger partial charge >= 0.3 is 6.03 Å². The predicted octanol–water partition coefficient (Wildman–Crippen LogP) is 5.14. The third-order valence-electron chi connectivity index (χ3n) is 7.32. The Hall–Kier alpha value is -1.64. The van der Waals surface area contributed by atoms with Crippen LogP contribution in [0.5, 0.6) is 0 Å². The van der Waals surface area contributed by atoms with E-state index in [1.807, 2.05) is 17.2 Å². The minimum Gasteiger partial charge on any atom is -0.343 e. The highest BCUT2D eigenvalue weighted by Crippen LogP contribution is 2.46. The molecule has 0 spiro atoms. The highest BCUT2D eigenvalue weighted by atomic mass is 79.9. The molecule has 3 heterocycles. The number of nitrogens with one attached hydrogen (secondary N) is 1. The first-order chi connectivity index (χ1) is 16.4. The van der Waals surface area contributed by atoms with Crippen LogP contribution < -0.4 is 5.32 Å². The standard InChI is InChI=1S/C25H27Br2ClN4O2/c26-18-11-17-2-1-16-12-19(28)13-20(27)22(16)23(24(17)30-14-18)15-3-7-31(8-4-15)21(33)5-9-32-10-6-29-25(32)34/h11-15,23H,1-10H2,(H,29,34)/t23-/m1/s1. The maximum absolute atomic E-state index is 12.9. The maximum atomic E-state index is 12.9. The fourth-order valence-electron chi connectivity index (χ4n) is 5.63. The summed E-state index contributed by atoms with van der Waals surface area (Å²) in [5, 5.41) is 3.54. The van der Waals surface area contributed by atoms with Crippen LogP contribution >= 0.6 is 43.5 Å². The first-order valence-corrected chi connectivity index (χ1v) is 13.8. The molecule has 5 rings (SSSR count). The molecule has 1 aromatic carbocycles. The van der Waals surface area contributed by atoms with E-state index in [-0.39, 0.29) is 17.9 Å². The molecular formula is C25H27Br2ClN4O2. The highest BCUT2D eigenvalue weighted by molar-refractivity contribution is 9.10. The van der Waals surface area contributed by atoms with Gasteiger partial charge in [0.15, 0.2) is 0 Å². The van der Waals surface area contributed by atoms with Crippen molar-refractivity contribution in [3.8, 4) is 0 Å². The van der Waals surface area contributed by atoms with Crippen LogP contribution in [0.3, 0.4) is 0 Å². The van der Waals surface area contributed by atoms with Gasteiger partial charge in [0, 0.05) is 65.2 Å². The Morgan fingerprint density at radius 2 is 1.88 bits per heavy atom. The number of amides is 3. The topological polar surface area (TPSA) is 65.5 Å². The van der Waals surface area contributed by atoms with Crippen molar-refractivity contribution in [1.82, 2.24) is 20.1 Å². The monoisotopic (exact) mass is 608 g/mol. The Labute approximate surface area is 221 Å². The second-order valence-electron chi connectivity index (χ2n) is 9.32. The third kappa shape index (κ3) is 4.86. The van der Waals surface area contributed by atoms with Gasteiger partial charge in [0.25, 0.3) is 0 Å². The van der Waals surface area contributed by atoms with Gasteiger partial charge in [-0.15, -0.1) is 0 Å². The van der Waals surface area contributed by atoms with Crippen LogP contribution in [0, 0.1) is 5.92 Å². The van der Waals surface area contributed by atoms with Crippen LogP contribution in [0.4, 0.5) is 4.79 Å². The number of carbonyl (C=O) groups excluding carboxylic acids is 2. The van der Waals surface area contributed by atoms with Gasteiger partial charge in [-0.25, -0.2) is 4.79 Å². The van der Waals surface area contributed by atoms with Crippen LogP contribution in [0.25, 0.3) is 0 Å². The number of likely N-dealkylation sites (tertiary alicyclic amines) is 1.